The van der Waals surface area contributed by atoms with E-state index in [2.05, 4.69) is 4.74 Å². The average molecular weight is 329 g/mol. The molecular weight excluding hydrogens is 301 g/mol. The van der Waals surface area contributed by atoms with Crippen LogP contribution in [0.2, 0.25) is 0 Å². The highest BCUT2D eigenvalue weighted by Gasteiger charge is 2.49. The first-order valence-electron chi connectivity index (χ1n) is 7.84. The summed E-state index contributed by atoms with van der Waals surface area (Å²) >= 11 is 0. The lowest BCUT2D eigenvalue weighted by Crippen LogP contribution is -2.41. The van der Waals surface area contributed by atoms with Crippen molar-refractivity contribution in [3.63, 3.8) is 0 Å². The van der Waals surface area contributed by atoms with E-state index in [9.17, 15) is 4.79 Å². The van der Waals surface area contributed by atoms with E-state index in [0.717, 1.165) is 0 Å². The monoisotopic (exact) mass is 329 g/mol. The zero-order valence-electron chi connectivity index (χ0n) is 14.5. The molecule has 0 spiro atoms. The maximum absolute atomic E-state index is 10.3. The summed E-state index contributed by atoms with van der Waals surface area (Å²) in [5.74, 6) is 1.86. The number of carbonyl (C=O) groups excluding carboxylic acids is 1. The second kappa shape index (κ2) is 9.27. The van der Waals surface area contributed by atoms with Gasteiger partial charge in [-0.1, -0.05) is 12.1 Å². The number of ether oxygens (including phenoxy) is 3. The predicted octanol–water partition coefficient (Wildman–Crippen LogP) is 1.69. The minimum Gasteiger partial charge on any atom is -0.450 e. The molecule has 2 N–H and O–H groups in total. The van der Waals surface area contributed by atoms with Gasteiger partial charge in [-0.25, -0.2) is 4.79 Å². The fourth-order valence-corrected chi connectivity index (χ4v) is 1.84. The summed E-state index contributed by atoms with van der Waals surface area (Å²) in [6.07, 6.45) is 1.73. The Bertz CT molecular complexity index is 383. The van der Waals surface area contributed by atoms with Crippen LogP contribution in [0.1, 0.15) is 34.1 Å². The Labute approximate surface area is 138 Å². The number of primary amides is 1. The van der Waals surface area contributed by atoms with Crippen molar-refractivity contribution >= 4 is 13.2 Å². The van der Waals surface area contributed by atoms with Crippen LogP contribution in [0.3, 0.4) is 0 Å². The molecule has 0 aliphatic carbocycles. The van der Waals surface area contributed by atoms with Gasteiger partial charge in [-0.15, -0.1) is 0 Å². The lowest BCUT2D eigenvalue weighted by atomic mass is 9.90. The fraction of sp³-hybridized carbons (Fsp3) is 0.800. The van der Waals surface area contributed by atoms with Crippen LogP contribution in [0.15, 0.2) is 12.1 Å². The Kier molecular flexibility index (Phi) is 8.04. The van der Waals surface area contributed by atoms with Crippen molar-refractivity contribution in [2.24, 2.45) is 5.73 Å². The number of carbonyl (C=O) groups is 1. The summed E-state index contributed by atoms with van der Waals surface area (Å²) in [5.41, 5.74) is 4.18. The molecule has 0 aromatic carbocycles. The van der Waals surface area contributed by atoms with Crippen molar-refractivity contribution in [1.82, 2.24) is 0 Å². The molecule has 0 radical (unpaired) electrons. The zero-order valence-corrected chi connectivity index (χ0v) is 14.5. The van der Waals surface area contributed by atoms with Crippen LogP contribution in [0, 0.1) is 0 Å². The highest BCUT2D eigenvalue weighted by molar-refractivity contribution is 6.51. The molecule has 1 aliphatic rings. The standard InChI is InChI=1S/C15H28BNO6/c1-14(2)15(3,4)23-16(22-14)7-5-8-19-11-12-20-9-6-10-21-13(17)18/h5,7H,6,8-12H2,1-4H3,(H2,17,18). The lowest BCUT2D eigenvalue weighted by molar-refractivity contribution is 0.00578. The molecular formula is C15H28BNO6. The first kappa shape index (κ1) is 20.0. The minimum atomic E-state index is -0.762. The largest absolute Gasteiger partial charge is 0.486 e. The van der Waals surface area contributed by atoms with Gasteiger partial charge >= 0.3 is 13.2 Å². The lowest BCUT2D eigenvalue weighted by Gasteiger charge is -2.32. The van der Waals surface area contributed by atoms with Crippen molar-refractivity contribution < 1.29 is 28.3 Å². The molecule has 0 aromatic heterocycles. The topological polar surface area (TPSA) is 89.2 Å². The van der Waals surface area contributed by atoms with E-state index < -0.39 is 6.09 Å². The van der Waals surface area contributed by atoms with E-state index in [1.807, 2.05) is 39.7 Å². The Hall–Kier alpha value is -1.09. The van der Waals surface area contributed by atoms with E-state index in [0.29, 0.717) is 32.8 Å². The van der Waals surface area contributed by atoms with Gasteiger partial charge < -0.3 is 29.3 Å². The van der Waals surface area contributed by atoms with Gasteiger partial charge in [0.2, 0.25) is 0 Å². The number of hydrogen-bond acceptors (Lipinski definition) is 6. The van der Waals surface area contributed by atoms with Gasteiger partial charge in [0.1, 0.15) is 0 Å². The SMILES string of the molecule is CC1(C)OB(C=CCOCCOCCCOC(N)=O)OC1(C)C. The Morgan fingerprint density at radius 3 is 2.26 bits per heavy atom. The van der Waals surface area contributed by atoms with Crippen LogP contribution in [-0.4, -0.2) is 57.4 Å². The quantitative estimate of drug-likeness (QED) is 0.485. The van der Waals surface area contributed by atoms with E-state index in [4.69, 9.17) is 24.5 Å². The molecule has 1 amide bonds. The molecule has 0 unspecified atom stereocenters. The van der Waals surface area contributed by atoms with Gasteiger partial charge in [-0.2, -0.15) is 0 Å². The van der Waals surface area contributed by atoms with Gasteiger partial charge in [0.25, 0.3) is 0 Å². The third-order valence-corrected chi connectivity index (χ3v) is 3.83. The molecule has 23 heavy (non-hydrogen) atoms. The molecule has 7 nitrogen and oxygen atoms in total. The molecule has 0 saturated carbocycles. The summed E-state index contributed by atoms with van der Waals surface area (Å²) in [6.45, 7) is 10.3. The summed E-state index contributed by atoms with van der Waals surface area (Å²) < 4.78 is 27.0. The van der Waals surface area contributed by atoms with Crippen LogP contribution >= 0.6 is 0 Å². The van der Waals surface area contributed by atoms with Crippen LogP contribution < -0.4 is 5.73 Å². The number of nitrogens with two attached hydrogens (primary N) is 1. The Balaban J connectivity index is 1.98. The zero-order chi connectivity index (χ0) is 17.3. The second-order valence-electron chi connectivity index (χ2n) is 6.26. The van der Waals surface area contributed by atoms with Crippen molar-refractivity contribution in [2.75, 3.05) is 33.0 Å². The third kappa shape index (κ3) is 7.35. The summed E-state index contributed by atoms with van der Waals surface area (Å²) in [5, 5.41) is 0. The fourth-order valence-electron chi connectivity index (χ4n) is 1.84. The maximum Gasteiger partial charge on any atom is 0.486 e. The van der Waals surface area contributed by atoms with Gasteiger partial charge in [0.05, 0.1) is 37.6 Å². The average Bonchev–Trinajstić information content (AvgIpc) is 2.63. The van der Waals surface area contributed by atoms with E-state index in [1.165, 1.54) is 0 Å². The summed E-state index contributed by atoms with van der Waals surface area (Å²) in [4.78, 5) is 10.3. The van der Waals surface area contributed by atoms with Crippen molar-refractivity contribution in [3.05, 3.63) is 12.1 Å². The molecule has 0 bridgehead atoms. The maximum atomic E-state index is 10.3. The van der Waals surface area contributed by atoms with Crippen molar-refractivity contribution in [2.45, 2.75) is 45.3 Å². The Morgan fingerprint density at radius 1 is 1.04 bits per heavy atom. The van der Waals surface area contributed by atoms with E-state index in [1.54, 1.807) is 0 Å². The normalized spacial score (nSPS) is 19.4. The third-order valence-electron chi connectivity index (χ3n) is 3.83. The summed E-state index contributed by atoms with van der Waals surface area (Å²) in [7, 11) is -0.342. The minimum absolute atomic E-state index is 0.271. The van der Waals surface area contributed by atoms with Gasteiger partial charge in [0.15, 0.2) is 0 Å². The molecule has 1 aliphatic heterocycles. The van der Waals surface area contributed by atoms with Gasteiger partial charge in [-0.05, 0) is 27.7 Å². The molecule has 1 rings (SSSR count). The van der Waals surface area contributed by atoms with Gasteiger partial charge in [-0.3, -0.25) is 0 Å². The predicted molar refractivity (Wildman–Crippen MR) is 87.0 cm³/mol. The smallest absolute Gasteiger partial charge is 0.450 e. The molecule has 0 atom stereocenters. The summed E-state index contributed by atoms with van der Waals surface area (Å²) in [6, 6.07) is 0. The Morgan fingerprint density at radius 2 is 1.65 bits per heavy atom. The molecule has 8 heteroatoms. The van der Waals surface area contributed by atoms with Crippen LogP contribution in [-0.2, 0) is 23.5 Å². The van der Waals surface area contributed by atoms with Crippen LogP contribution in [0.25, 0.3) is 0 Å². The number of hydrogen-bond donors (Lipinski definition) is 1. The van der Waals surface area contributed by atoms with E-state index in [-0.39, 0.29) is 24.9 Å². The molecule has 1 saturated heterocycles. The number of rotatable bonds is 10. The van der Waals surface area contributed by atoms with Crippen molar-refractivity contribution in [3.8, 4) is 0 Å². The molecule has 1 fully saturated rings. The van der Waals surface area contributed by atoms with E-state index >= 15 is 0 Å². The molecule has 1 heterocycles. The first-order valence-corrected chi connectivity index (χ1v) is 7.84. The van der Waals surface area contributed by atoms with Crippen LogP contribution in [0.5, 0.6) is 0 Å². The first-order chi connectivity index (χ1) is 10.7. The van der Waals surface area contributed by atoms with Gasteiger partial charge in [0, 0.05) is 13.0 Å². The van der Waals surface area contributed by atoms with Crippen LogP contribution in [0.4, 0.5) is 4.79 Å². The molecule has 0 aromatic rings. The highest BCUT2D eigenvalue weighted by atomic mass is 16.7. The highest BCUT2D eigenvalue weighted by Crippen LogP contribution is 2.36. The number of amides is 1. The van der Waals surface area contributed by atoms with Crippen molar-refractivity contribution in [1.29, 1.82) is 0 Å². The second-order valence-corrected chi connectivity index (χ2v) is 6.26. The molecule has 132 valence electrons.